The average Bonchev–Trinajstić information content (AvgIpc) is 3.30. The molecule has 1 aromatic carbocycles. The highest BCUT2D eigenvalue weighted by atomic mass is 35.5. The molecule has 0 spiro atoms. The molecule has 4 rings (SSSR count). The molecule has 4 atom stereocenters. The summed E-state index contributed by atoms with van der Waals surface area (Å²) in [7, 11) is 0. The van der Waals surface area contributed by atoms with Gasteiger partial charge in [-0.2, -0.15) is 0 Å². The van der Waals surface area contributed by atoms with Crippen LogP contribution >= 0.6 is 23.2 Å². The number of rotatable bonds is 6. The molecule has 3 aromatic rings. The van der Waals surface area contributed by atoms with E-state index in [-0.39, 0.29) is 11.7 Å². The van der Waals surface area contributed by atoms with Gasteiger partial charge in [-0.15, -0.1) is 0 Å². The minimum atomic E-state index is -0.862. The summed E-state index contributed by atoms with van der Waals surface area (Å²) in [5, 5.41) is 15.1. The zero-order chi connectivity index (χ0) is 21.4. The predicted octanol–water partition coefficient (Wildman–Crippen LogP) is 3.62. The number of aromatic nitrogens is 4. The van der Waals surface area contributed by atoms with Gasteiger partial charge in [0.05, 0.1) is 6.33 Å². The number of Topliss-reactive ketones (excluding diaryl/α,β-unsaturated/α-hetero) is 1. The van der Waals surface area contributed by atoms with E-state index in [9.17, 15) is 9.90 Å². The highest BCUT2D eigenvalue weighted by Crippen LogP contribution is 2.36. The van der Waals surface area contributed by atoms with E-state index < -0.39 is 18.4 Å². The number of hydrogen-bond donors (Lipinski definition) is 2. The van der Waals surface area contributed by atoms with Gasteiger partial charge >= 0.3 is 0 Å². The van der Waals surface area contributed by atoms with E-state index in [2.05, 4.69) is 20.3 Å². The molecule has 30 heavy (non-hydrogen) atoms. The number of carbonyl (C=O) groups is 1. The molecule has 0 aliphatic carbocycles. The molecule has 1 fully saturated rings. The van der Waals surface area contributed by atoms with Crippen LogP contribution in [0.15, 0.2) is 30.9 Å². The van der Waals surface area contributed by atoms with E-state index in [0.29, 0.717) is 40.0 Å². The van der Waals surface area contributed by atoms with E-state index in [0.717, 1.165) is 5.56 Å². The average molecular weight is 450 g/mol. The van der Waals surface area contributed by atoms with Gasteiger partial charge in [-0.3, -0.25) is 9.36 Å². The fourth-order valence-electron chi connectivity index (χ4n) is 3.62. The van der Waals surface area contributed by atoms with Gasteiger partial charge < -0.3 is 15.2 Å². The number of nitrogens with zero attached hydrogens (tertiary/aromatic N) is 4. The quantitative estimate of drug-likeness (QED) is 0.592. The smallest absolute Gasteiger partial charge is 0.167 e. The maximum Gasteiger partial charge on any atom is 0.167 e. The largest absolute Gasteiger partial charge is 0.388 e. The summed E-state index contributed by atoms with van der Waals surface area (Å²) >= 11 is 12.3. The van der Waals surface area contributed by atoms with Crippen molar-refractivity contribution in [3.8, 4) is 0 Å². The zero-order valence-electron chi connectivity index (χ0n) is 16.4. The lowest BCUT2D eigenvalue weighted by atomic mass is 9.96. The van der Waals surface area contributed by atoms with Crippen molar-refractivity contribution < 1.29 is 14.6 Å². The van der Waals surface area contributed by atoms with Gasteiger partial charge in [0, 0.05) is 28.9 Å². The molecule has 1 aliphatic heterocycles. The number of ether oxygens (including phenoxy) is 1. The van der Waals surface area contributed by atoms with Crippen LogP contribution in [0.4, 0.5) is 5.82 Å². The molecule has 8 nitrogen and oxygen atoms in total. The van der Waals surface area contributed by atoms with Gasteiger partial charge in [-0.1, -0.05) is 37.0 Å². The van der Waals surface area contributed by atoms with Crippen LogP contribution < -0.4 is 5.32 Å². The van der Waals surface area contributed by atoms with E-state index >= 15 is 0 Å². The third kappa shape index (κ3) is 3.76. The summed E-state index contributed by atoms with van der Waals surface area (Å²) in [6, 6.07) is 5.24. The van der Waals surface area contributed by atoms with Crippen molar-refractivity contribution in [1.29, 1.82) is 0 Å². The van der Waals surface area contributed by atoms with Crippen molar-refractivity contribution in [2.45, 2.75) is 45.2 Å². The first-order valence-electron chi connectivity index (χ1n) is 9.62. The molecule has 10 heteroatoms. The van der Waals surface area contributed by atoms with Crippen LogP contribution in [0.25, 0.3) is 11.2 Å². The Balaban J connectivity index is 1.61. The molecular formula is C20H21Cl2N5O3. The van der Waals surface area contributed by atoms with Crippen LogP contribution in [0.5, 0.6) is 0 Å². The molecule has 1 saturated heterocycles. The first-order valence-corrected chi connectivity index (χ1v) is 10.4. The number of fused-ring (bicyclic) bond motifs is 1. The molecule has 158 valence electrons. The van der Waals surface area contributed by atoms with Gasteiger partial charge in [-0.25, -0.2) is 15.0 Å². The SMILES string of the molecule is CCC(=O)[C@H]1O[C@@H](n2cnc3c(NCc4cc(Cl)ccc4Cl)ncnc32)[C@H](O)[C@@H]1C. The number of aliphatic hydroxyl groups is 1. The number of ketones is 1. The Morgan fingerprint density at radius 1 is 1.30 bits per heavy atom. The Morgan fingerprint density at radius 3 is 2.87 bits per heavy atom. The second-order valence-corrected chi connectivity index (χ2v) is 8.10. The summed E-state index contributed by atoms with van der Waals surface area (Å²) in [5.41, 5.74) is 1.83. The van der Waals surface area contributed by atoms with Gasteiger partial charge in [0.15, 0.2) is 29.0 Å². The van der Waals surface area contributed by atoms with Crippen molar-refractivity contribution in [3.63, 3.8) is 0 Å². The molecule has 3 heterocycles. The van der Waals surface area contributed by atoms with Gasteiger partial charge in [0.2, 0.25) is 0 Å². The van der Waals surface area contributed by atoms with Gasteiger partial charge in [0.25, 0.3) is 0 Å². The minimum Gasteiger partial charge on any atom is -0.388 e. The number of anilines is 1. The maximum atomic E-state index is 12.2. The standard InChI is InChI=1S/C20H21Cl2N5O3/c1-3-14(28)17-10(2)16(29)20(30-17)27-9-26-15-18(24-8-25-19(15)27)23-7-11-6-12(21)4-5-13(11)22/h4-6,8-10,16-17,20,29H,3,7H2,1-2H3,(H,23,24,25)/t10-,16+,17-,20+/m0/s1. The fourth-order valence-corrected chi connectivity index (χ4v) is 4.00. The van der Waals surface area contributed by atoms with Crippen LogP contribution in [0.2, 0.25) is 10.0 Å². The topological polar surface area (TPSA) is 102 Å². The van der Waals surface area contributed by atoms with Crippen molar-refractivity contribution in [2.24, 2.45) is 5.92 Å². The highest BCUT2D eigenvalue weighted by Gasteiger charge is 2.45. The Morgan fingerprint density at radius 2 is 2.10 bits per heavy atom. The summed E-state index contributed by atoms with van der Waals surface area (Å²) < 4.78 is 7.54. The Kier molecular flexibility index (Phi) is 5.92. The number of aliphatic hydroxyl groups excluding tert-OH is 1. The van der Waals surface area contributed by atoms with E-state index in [4.69, 9.17) is 27.9 Å². The second-order valence-electron chi connectivity index (χ2n) is 7.25. The van der Waals surface area contributed by atoms with Crippen LogP contribution in [0, 0.1) is 5.92 Å². The van der Waals surface area contributed by atoms with Crippen LogP contribution in [-0.2, 0) is 16.1 Å². The maximum absolute atomic E-state index is 12.2. The highest BCUT2D eigenvalue weighted by molar-refractivity contribution is 6.33. The van der Waals surface area contributed by atoms with Crippen molar-refractivity contribution in [1.82, 2.24) is 19.5 Å². The number of halogens is 2. The third-order valence-corrected chi connectivity index (χ3v) is 5.95. The Bertz CT molecular complexity index is 1090. The van der Waals surface area contributed by atoms with E-state index in [1.165, 1.54) is 12.7 Å². The van der Waals surface area contributed by atoms with E-state index in [1.54, 1.807) is 36.6 Å². The van der Waals surface area contributed by atoms with Crippen LogP contribution in [0.3, 0.4) is 0 Å². The Hall–Kier alpha value is -2.26. The molecule has 0 unspecified atom stereocenters. The van der Waals surface area contributed by atoms with Gasteiger partial charge in [-0.05, 0) is 23.8 Å². The lowest BCUT2D eigenvalue weighted by Gasteiger charge is -2.17. The summed E-state index contributed by atoms with van der Waals surface area (Å²) in [5.74, 6) is 0.143. The predicted molar refractivity (Wildman–Crippen MR) is 113 cm³/mol. The van der Waals surface area contributed by atoms with Crippen LogP contribution in [-0.4, -0.2) is 42.6 Å². The molecule has 1 aliphatic rings. The van der Waals surface area contributed by atoms with Crippen molar-refractivity contribution in [3.05, 3.63) is 46.5 Å². The molecule has 0 amide bonds. The summed E-state index contributed by atoms with van der Waals surface area (Å²) in [4.78, 5) is 25.1. The molecular weight excluding hydrogens is 429 g/mol. The summed E-state index contributed by atoms with van der Waals surface area (Å²) in [6.07, 6.45) is 1.02. The third-order valence-electron chi connectivity index (χ3n) is 5.35. The monoisotopic (exact) mass is 449 g/mol. The fraction of sp³-hybridized carbons (Fsp3) is 0.400. The summed E-state index contributed by atoms with van der Waals surface area (Å²) in [6.45, 7) is 3.98. The molecule has 0 bridgehead atoms. The minimum absolute atomic E-state index is 0.0381. The molecule has 0 saturated carbocycles. The lowest BCUT2D eigenvalue weighted by molar-refractivity contribution is -0.133. The normalized spacial score (nSPS) is 23.8. The first kappa shape index (κ1) is 21.0. The van der Waals surface area contributed by atoms with Crippen molar-refractivity contribution in [2.75, 3.05) is 5.32 Å². The van der Waals surface area contributed by atoms with E-state index in [1.807, 2.05) is 0 Å². The van der Waals surface area contributed by atoms with Crippen LogP contribution in [0.1, 0.15) is 32.1 Å². The lowest BCUT2D eigenvalue weighted by Crippen LogP contribution is -2.28. The Labute approximate surface area is 183 Å². The number of benzene rings is 1. The first-order chi connectivity index (χ1) is 14.4. The number of nitrogens with one attached hydrogen (secondary N) is 1. The molecule has 2 N–H and O–H groups in total. The zero-order valence-corrected chi connectivity index (χ0v) is 17.9. The second kappa shape index (κ2) is 8.47. The molecule has 2 aromatic heterocycles. The molecule has 0 radical (unpaired) electrons. The number of hydrogen-bond acceptors (Lipinski definition) is 7. The van der Waals surface area contributed by atoms with Crippen molar-refractivity contribution >= 4 is 46.0 Å². The number of imidazole rings is 1. The number of carbonyl (C=O) groups excluding carboxylic acids is 1. The van der Waals surface area contributed by atoms with Gasteiger partial charge in [0.1, 0.15) is 18.5 Å².